The zero-order valence-electron chi connectivity index (χ0n) is 18.4. The van der Waals surface area contributed by atoms with Crippen molar-refractivity contribution in [2.45, 2.75) is 12.5 Å². The van der Waals surface area contributed by atoms with Crippen LogP contribution < -0.4 is 14.9 Å². The van der Waals surface area contributed by atoms with E-state index in [1.807, 2.05) is 6.07 Å². The Kier molecular flexibility index (Phi) is 6.72. The summed E-state index contributed by atoms with van der Waals surface area (Å²) in [6.07, 6.45) is 2.24. The average Bonchev–Trinajstić information content (AvgIpc) is 3.10. The molecule has 0 aliphatic carbocycles. The quantitative estimate of drug-likeness (QED) is 0.336. The first-order valence-corrected chi connectivity index (χ1v) is 10.9. The average molecular weight is 470 g/mol. The number of fused-ring (bicyclic) bond motifs is 2. The monoisotopic (exact) mass is 469 g/mol. The Balaban J connectivity index is 1.88. The maximum Gasteiger partial charge on any atom is 0.290 e. The molecule has 0 fully saturated rings. The summed E-state index contributed by atoms with van der Waals surface area (Å²) in [5.74, 6) is 0.725. The molecule has 2 aromatic carbocycles. The molecule has 0 spiro atoms. The molecule has 8 heteroatoms. The number of methoxy groups -OCH3 is 2. The standard InChI is InChI=1S/C25H24ClNO6/c1-4-11-32-19-8-6-15(13-20(19)31-3)22-21-23(28)17-14-16(26)7-9-18(17)33-24(21)25(29)27(22)10-5-12-30-2/h4,6-9,13-14,22H,1,5,10-12H2,2-3H3. The highest BCUT2D eigenvalue weighted by atomic mass is 35.5. The Bertz CT molecular complexity index is 1270. The number of rotatable bonds is 9. The molecule has 33 heavy (non-hydrogen) atoms. The van der Waals surface area contributed by atoms with Crippen molar-refractivity contribution < 1.29 is 23.4 Å². The molecular weight excluding hydrogens is 446 g/mol. The Labute approximate surface area is 196 Å². The largest absolute Gasteiger partial charge is 0.493 e. The van der Waals surface area contributed by atoms with Crippen LogP contribution in [0.1, 0.15) is 34.1 Å². The molecule has 0 saturated heterocycles. The molecule has 1 unspecified atom stereocenters. The van der Waals surface area contributed by atoms with Crippen LogP contribution >= 0.6 is 11.6 Å². The SMILES string of the molecule is C=CCOc1ccc(C2c3c(oc4ccc(Cl)cc4c3=O)C(=O)N2CCCOC)cc1OC. The Morgan fingerprint density at radius 2 is 1.97 bits per heavy atom. The molecule has 3 aromatic rings. The highest BCUT2D eigenvalue weighted by Crippen LogP contribution is 2.41. The minimum absolute atomic E-state index is 0.0446. The van der Waals surface area contributed by atoms with Gasteiger partial charge in [0.25, 0.3) is 5.91 Å². The third-order valence-electron chi connectivity index (χ3n) is 5.54. The normalized spacial score (nSPS) is 15.1. The number of hydrogen-bond acceptors (Lipinski definition) is 6. The summed E-state index contributed by atoms with van der Waals surface area (Å²) in [6.45, 7) is 4.84. The van der Waals surface area contributed by atoms with E-state index in [9.17, 15) is 9.59 Å². The summed E-state index contributed by atoms with van der Waals surface area (Å²) >= 11 is 6.13. The van der Waals surface area contributed by atoms with E-state index in [2.05, 4.69) is 6.58 Å². The van der Waals surface area contributed by atoms with Gasteiger partial charge in [-0.05, 0) is 42.3 Å². The molecule has 4 rings (SSSR count). The first-order valence-electron chi connectivity index (χ1n) is 10.5. The molecule has 0 radical (unpaired) electrons. The smallest absolute Gasteiger partial charge is 0.290 e. The second-order valence-electron chi connectivity index (χ2n) is 7.57. The van der Waals surface area contributed by atoms with Gasteiger partial charge in [-0.2, -0.15) is 0 Å². The lowest BCUT2D eigenvalue weighted by atomic mass is 9.98. The third kappa shape index (κ3) is 4.21. The molecule has 7 nitrogen and oxygen atoms in total. The summed E-state index contributed by atoms with van der Waals surface area (Å²) in [7, 11) is 3.14. The molecule has 172 valence electrons. The van der Waals surface area contributed by atoms with Crippen LogP contribution in [0.5, 0.6) is 11.5 Å². The van der Waals surface area contributed by atoms with Crippen molar-refractivity contribution >= 4 is 28.5 Å². The first kappa shape index (κ1) is 22.9. The highest BCUT2D eigenvalue weighted by molar-refractivity contribution is 6.31. The van der Waals surface area contributed by atoms with E-state index in [-0.39, 0.29) is 22.7 Å². The van der Waals surface area contributed by atoms with Crippen molar-refractivity contribution in [3.63, 3.8) is 0 Å². The number of benzene rings is 2. The lowest BCUT2D eigenvalue weighted by Gasteiger charge is -2.25. The second-order valence-corrected chi connectivity index (χ2v) is 8.01. The van der Waals surface area contributed by atoms with Crippen molar-refractivity contribution in [3.8, 4) is 11.5 Å². The zero-order chi connectivity index (χ0) is 23.5. The number of amides is 1. The molecule has 1 aliphatic rings. The highest BCUT2D eigenvalue weighted by Gasteiger charge is 2.42. The van der Waals surface area contributed by atoms with Crippen LogP contribution in [0, 0.1) is 0 Å². The molecule has 1 amide bonds. The van der Waals surface area contributed by atoms with Gasteiger partial charge >= 0.3 is 0 Å². The molecule has 1 atom stereocenters. The number of ether oxygens (including phenoxy) is 3. The summed E-state index contributed by atoms with van der Waals surface area (Å²) in [5.41, 5.74) is 1.03. The predicted molar refractivity (Wildman–Crippen MR) is 126 cm³/mol. The van der Waals surface area contributed by atoms with Gasteiger partial charge in [-0.25, -0.2) is 0 Å². The number of carbonyl (C=O) groups is 1. The maximum absolute atomic E-state index is 13.6. The van der Waals surface area contributed by atoms with Gasteiger partial charge in [0.05, 0.1) is 24.1 Å². The second kappa shape index (κ2) is 9.68. The summed E-state index contributed by atoms with van der Waals surface area (Å²) in [4.78, 5) is 28.5. The van der Waals surface area contributed by atoms with Gasteiger partial charge in [-0.1, -0.05) is 30.3 Å². The van der Waals surface area contributed by atoms with E-state index in [1.165, 1.54) is 7.11 Å². The van der Waals surface area contributed by atoms with Crippen molar-refractivity contribution in [3.05, 3.63) is 81.2 Å². The Hall–Kier alpha value is -3.29. The molecule has 0 bridgehead atoms. The third-order valence-corrected chi connectivity index (χ3v) is 5.77. The first-order chi connectivity index (χ1) is 16.0. The number of nitrogens with zero attached hydrogens (tertiary/aromatic N) is 1. The predicted octanol–water partition coefficient (Wildman–Crippen LogP) is 4.60. The van der Waals surface area contributed by atoms with E-state index in [4.69, 9.17) is 30.2 Å². The van der Waals surface area contributed by atoms with Gasteiger partial charge in [0.2, 0.25) is 5.76 Å². The minimum atomic E-state index is -0.647. The fourth-order valence-corrected chi connectivity index (χ4v) is 4.24. The van der Waals surface area contributed by atoms with E-state index >= 15 is 0 Å². The van der Waals surface area contributed by atoms with Crippen molar-refractivity contribution in [2.24, 2.45) is 0 Å². The Morgan fingerprint density at radius 3 is 2.70 bits per heavy atom. The van der Waals surface area contributed by atoms with E-state index < -0.39 is 6.04 Å². The van der Waals surface area contributed by atoms with Crippen molar-refractivity contribution in [1.82, 2.24) is 4.90 Å². The van der Waals surface area contributed by atoms with Crippen molar-refractivity contribution in [2.75, 3.05) is 34.0 Å². The lowest BCUT2D eigenvalue weighted by Crippen LogP contribution is -2.31. The van der Waals surface area contributed by atoms with Crippen LogP contribution in [-0.2, 0) is 4.74 Å². The molecule has 0 N–H and O–H groups in total. The summed E-state index contributed by atoms with van der Waals surface area (Å²) in [5, 5.41) is 0.744. The van der Waals surface area contributed by atoms with Gasteiger partial charge in [-0.15, -0.1) is 0 Å². The van der Waals surface area contributed by atoms with Crippen LogP contribution in [0.2, 0.25) is 5.02 Å². The zero-order valence-corrected chi connectivity index (χ0v) is 19.2. The van der Waals surface area contributed by atoms with Gasteiger partial charge in [-0.3, -0.25) is 9.59 Å². The number of halogens is 1. The molecule has 2 heterocycles. The number of hydrogen-bond donors (Lipinski definition) is 0. The molecular formula is C25H24ClNO6. The summed E-state index contributed by atoms with van der Waals surface area (Å²) in [6, 6.07) is 9.49. The maximum atomic E-state index is 13.6. The Morgan fingerprint density at radius 1 is 1.15 bits per heavy atom. The van der Waals surface area contributed by atoms with Crippen LogP contribution in [0.3, 0.4) is 0 Å². The fraction of sp³-hybridized carbons (Fsp3) is 0.280. The van der Waals surface area contributed by atoms with E-state index in [1.54, 1.807) is 48.4 Å². The molecule has 1 aromatic heterocycles. The topological polar surface area (TPSA) is 78.2 Å². The van der Waals surface area contributed by atoms with Crippen molar-refractivity contribution in [1.29, 1.82) is 0 Å². The summed E-state index contributed by atoms with van der Waals surface area (Å²) < 4.78 is 22.2. The van der Waals surface area contributed by atoms with E-state index in [0.29, 0.717) is 59.2 Å². The van der Waals surface area contributed by atoms with Gasteiger partial charge < -0.3 is 23.5 Å². The van der Waals surface area contributed by atoms with Crippen LogP contribution in [0.25, 0.3) is 11.0 Å². The van der Waals surface area contributed by atoms with Crippen LogP contribution in [-0.4, -0.2) is 44.8 Å². The van der Waals surface area contributed by atoms with Gasteiger partial charge in [0, 0.05) is 25.3 Å². The minimum Gasteiger partial charge on any atom is -0.493 e. The fourth-order valence-electron chi connectivity index (χ4n) is 4.07. The molecule has 0 saturated carbocycles. The van der Waals surface area contributed by atoms with Gasteiger partial charge in [0.15, 0.2) is 16.9 Å². The lowest BCUT2D eigenvalue weighted by molar-refractivity contribution is 0.0707. The van der Waals surface area contributed by atoms with Gasteiger partial charge in [0.1, 0.15) is 12.2 Å². The number of carbonyl (C=O) groups excluding carboxylic acids is 1. The van der Waals surface area contributed by atoms with Crippen LogP contribution in [0.4, 0.5) is 0 Å². The van der Waals surface area contributed by atoms with E-state index in [0.717, 1.165) is 0 Å². The molecule has 1 aliphatic heterocycles. The van der Waals surface area contributed by atoms with Crippen LogP contribution in [0.15, 0.2) is 58.3 Å².